The Balaban J connectivity index is 2.15. The number of rotatable bonds is 1. The molecule has 0 bridgehead atoms. The molecule has 0 atom stereocenters. The summed E-state index contributed by atoms with van der Waals surface area (Å²) in [6.07, 6.45) is -2.36. The molecule has 20 heavy (non-hydrogen) atoms. The number of alkyl halides is 3. The van der Waals surface area contributed by atoms with Crippen molar-refractivity contribution in [3.8, 4) is 5.69 Å². The monoisotopic (exact) mass is 285 g/mol. The second-order valence-electron chi connectivity index (χ2n) is 4.74. The van der Waals surface area contributed by atoms with Crippen LogP contribution in [0.3, 0.4) is 0 Å². The van der Waals surface area contributed by atoms with Gasteiger partial charge < -0.3 is 5.73 Å². The van der Waals surface area contributed by atoms with Crippen LogP contribution < -0.4 is 5.73 Å². The van der Waals surface area contributed by atoms with Crippen LogP contribution in [0.25, 0.3) is 5.69 Å². The van der Waals surface area contributed by atoms with E-state index in [2.05, 4.69) is 5.10 Å². The second-order valence-corrected chi connectivity index (χ2v) is 4.74. The van der Waals surface area contributed by atoms with E-state index in [1.165, 1.54) is 10.7 Å². The standard InChI is InChI=1S/C13H11F4N3/c14-10-5-4-7(6-9(10)13(15,16)17)20-11-3-1-2-8(11)12(18)19-20/h4-6H,1-3H2,(H2,18,19). The molecule has 2 aromatic rings. The first-order valence-corrected chi connectivity index (χ1v) is 6.11. The van der Waals surface area contributed by atoms with Gasteiger partial charge >= 0.3 is 6.18 Å². The third-order valence-electron chi connectivity index (χ3n) is 3.46. The Morgan fingerprint density at radius 2 is 1.95 bits per heavy atom. The number of benzene rings is 1. The van der Waals surface area contributed by atoms with Crippen LogP contribution in [0.2, 0.25) is 0 Å². The molecule has 1 aromatic heterocycles. The molecule has 3 nitrogen and oxygen atoms in total. The van der Waals surface area contributed by atoms with E-state index in [4.69, 9.17) is 5.73 Å². The molecule has 0 aliphatic heterocycles. The van der Waals surface area contributed by atoms with Gasteiger partial charge in [-0.15, -0.1) is 0 Å². The smallest absolute Gasteiger partial charge is 0.382 e. The molecule has 1 aromatic carbocycles. The third kappa shape index (κ3) is 1.93. The maximum absolute atomic E-state index is 13.3. The summed E-state index contributed by atoms with van der Waals surface area (Å²) in [6, 6.07) is 2.84. The maximum atomic E-state index is 13.3. The summed E-state index contributed by atoms with van der Waals surface area (Å²) in [7, 11) is 0. The van der Waals surface area contributed by atoms with Crippen LogP contribution in [0.15, 0.2) is 18.2 Å². The number of anilines is 1. The van der Waals surface area contributed by atoms with Crippen molar-refractivity contribution in [1.82, 2.24) is 9.78 Å². The topological polar surface area (TPSA) is 43.8 Å². The van der Waals surface area contributed by atoms with Gasteiger partial charge in [-0.25, -0.2) is 9.07 Å². The quantitative estimate of drug-likeness (QED) is 0.818. The molecule has 0 saturated carbocycles. The molecule has 0 radical (unpaired) electrons. The van der Waals surface area contributed by atoms with Crippen LogP contribution in [0.4, 0.5) is 23.4 Å². The van der Waals surface area contributed by atoms with Gasteiger partial charge in [0.15, 0.2) is 0 Å². The van der Waals surface area contributed by atoms with Crippen molar-refractivity contribution in [3.05, 3.63) is 40.8 Å². The molecule has 106 valence electrons. The van der Waals surface area contributed by atoms with Crippen LogP contribution in [-0.2, 0) is 19.0 Å². The molecule has 0 unspecified atom stereocenters. The van der Waals surface area contributed by atoms with Crippen molar-refractivity contribution in [1.29, 1.82) is 0 Å². The lowest BCUT2D eigenvalue weighted by Crippen LogP contribution is -2.10. The predicted octanol–water partition coefficient (Wildman–Crippen LogP) is 3.10. The Bertz CT molecular complexity index is 673. The van der Waals surface area contributed by atoms with Crippen LogP contribution in [0.5, 0.6) is 0 Å². The predicted molar refractivity (Wildman–Crippen MR) is 65.0 cm³/mol. The van der Waals surface area contributed by atoms with Crippen LogP contribution in [0, 0.1) is 5.82 Å². The fraction of sp³-hybridized carbons (Fsp3) is 0.308. The Hall–Kier alpha value is -2.05. The van der Waals surface area contributed by atoms with Gasteiger partial charge in [0.25, 0.3) is 0 Å². The minimum absolute atomic E-state index is 0.175. The number of aromatic nitrogens is 2. The fourth-order valence-corrected chi connectivity index (χ4v) is 2.54. The van der Waals surface area contributed by atoms with E-state index in [0.717, 1.165) is 36.2 Å². The van der Waals surface area contributed by atoms with Crippen LogP contribution in [-0.4, -0.2) is 9.78 Å². The zero-order chi connectivity index (χ0) is 14.5. The zero-order valence-corrected chi connectivity index (χ0v) is 10.3. The molecule has 3 rings (SSSR count). The van der Waals surface area contributed by atoms with E-state index in [1.54, 1.807) is 0 Å². The van der Waals surface area contributed by atoms with E-state index < -0.39 is 17.6 Å². The third-order valence-corrected chi connectivity index (χ3v) is 3.46. The molecule has 0 saturated heterocycles. The van der Waals surface area contributed by atoms with Crippen LogP contribution in [0.1, 0.15) is 23.2 Å². The van der Waals surface area contributed by atoms with Gasteiger partial charge in [0, 0.05) is 11.3 Å². The van der Waals surface area contributed by atoms with Gasteiger partial charge in [-0.05, 0) is 37.5 Å². The number of hydrogen-bond acceptors (Lipinski definition) is 2. The van der Waals surface area contributed by atoms with Gasteiger partial charge in [0.1, 0.15) is 11.6 Å². The van der Waals surface area contributed by atoms with Crippen molar-refractivity contribution in [3.63, 3.8) is 0 Å². The minimum atomic E-state index is -4.73. The Kier molecular flexibility index (Phi) is 2.74. The van der Waals surface area contributed by atoms with Crippen molar-refractivity contribution in [2.75, 3.05) is 5.73 Å². The number of nitrogen functional groups attached to an aromatic ring is 1. The first kappa shape index (κ1) is 13.0. The van der Waals surface area contributed by atoms with Gasteiger partial charge in [0.05, 0.1) is 11.3 Å². The molecular formula is C13H11F4N3. The minimum Gasteiger partial charge on any atom is -0.382 e. The Morgan fingerprint density at radius 1 is 1.20 bits per heavy atom. The summed E-state index contributed by atoms with van der Waals surface area (Å²) in [6.45, 7) is 0. The molecule has 7 heteroatoms. The van der Waals surface area contributed by atoms with Gasteiger partial charge in [-0.2, -0.15) is 18.3 Å². The lowest BCUT2D eigenvalue weighted by Gasteiger charge is -2.11. The molecule has 2 N–H and O–H groups in total. The summed E-state index contributed by atoms with van der Waals surface area (Å²) in [4.78, 5) is 0. The van der Waals surface area contributed by atoms with Crippen LogP contribution >= 0.6 is 0 Å². The molecular weight excluding hydrogens is 274 g/mol. The highest BCUT2D eigenvalue weighted by molar-refractivity contribution is 5.50. The first-order chi connectivity index (χ1) is 9.38. The number of fused-ring (bicyclic) bond motifs is 1. The average Bonchev–Trinajstić information content (AvgIpc) is 2.93. The number of nitrogens with two attached hydrogens (primary N) is 1. The van der Waals surface area contributed by atoms with Gasteiger partial charge in [0.2, 0.25) is 0 Å². The van der Waals surface area contributed by atoms with E-state index in [9.17, 15) is 17.6 Å². The van der Waals surface area contributed by atoms with E-state index >= 15 is 0 Å². The first-order valence-electron chi connectivity index (χ1n) is 6.11. The molecule has 0 amide bonds. The van der Waals surface area contributed by atoms with E-state index in [1.807, 2.05) is 0 Å². The SMILES string of the molecule is Nc1nn(-c2ccc(F)c(C(F)(F)F)c2)c2c1CCC2. The highest BCUT2D eigenvalue weighted by Crippen LogP contribution is 2.34. The highest BCUT2D eigenvalue weighted by Gasteiger charge is 2.34. The largest absolute Gasteiger partial charge is 0.419 e. The van der Waals surface area contributed by atoms with Gasteiger partial charge in [-0.1, -0.05) is 0 Å². The second kappa shape index (κ2) is 4.22. The Morgan fingerprint density at radius 3 is 2.65 bits per heavy atom. The van der Waals surface area contributed by atoms with E-state index in [0.29, 0.717) is 12.2 Å². The molecule has 1 heterocycles. The lowest BCUT2D eigenvalue weighted by molar-refractivity contribution is -0.140. The number of nitrogens with zero attached hydrogens (tertiary/aromatic N) is 2. The highest BCUT2D eigenvalue weighted by atomic mass is 19.4. The summed E-state index contributed by atoms with van der Waals surface area (Å²) >= 11 is 0. The molecule has 0 fully saturated rings. The number of hydrogen-bond donors (Lipinski definition) is 1. The fourth-order valence-electron chi connectivity index (χ4n) is 2.54. The lowest BCUT2D eigenvalue weighted by atomic mass is 10.1. The summed E-state index contributed by atoms with van der Waals surface area (Å²) in [5.74, 6) is -0.964. The summed E-state index contributed by atoms with van der Waals surface area (Å²) in [5, 5.41) is 4.06. The Labute approximate surface area is 112 Å². The molecule has 0 spiro atoms. The maximum Gasteiger partial charge on any atom is 0.419 e. The van der Waals surface area contributed by atoms with Crippen molar-refractivity contribution >= 4 is 5.82 Å². The summed E-state index contributed by atoms with van der Waals surface area (Å²) in [5.41, 5.74) is 6.32. The molecule has 1 aliphatic rings. The van der Waals surface area contributed by atoms with E-state index in [-0.39, 0.29) is 5.69 Å². The van der Waals surface area contributed by atoms with Gasteiger partial charge in [-0.3, -0.25) is 0 Å². The zero-order valence-electron chi connectivity index (χ0n) is 10.3. The normalized spacial score (nSPS) is 14.6. The molecule has 1 aliphatic carbocycles. The summed E-state index contributed by atoms with van der Waals surface area (Å²) < 4.78 is 52.9. The average molecular weight is 285 g/mol. The van der Waals surface area contributed by atoms with Crippen molar-refractivity contribution < 1.29 is 17.6 Å². The van der Waals surface area contributed by atoms with Crippen molar-refractivity contribution in [2.45, 2.75) is 25.4 Å². The van der Waals surface area contributed by atoms with Crippen molar-refractivity contribution in [2.24, 2.45) is 0 Å². The number of halogens is 4.